The highest BCUT2D eigenvalue weighted by molar-refractivity contribution is 5.60. The molecule has 2 atom stereocenters. The molecule has 1 aromatic heterocycles. The van der Waals surface area contributed by atoms with Crippen LogP contribution in [0.5, 0.6) is 0 Å². The summed E-state index contributed by atoms with van der Waals surface area (Å²) in [6.07, 6.45) is 7.56. The molecule has 1 aliphatic carbocycles. The third-order valence-corrected chi connectivity index (χ3v) is 4.63. The van der Waals surface area contributed by atoms with E-state index in [9.17, 15) is 4.79 Å². The van der Waals surface area contributed by atoms with Gasteiger partial charge in [0.2, 0.25) is 0 Å². The molecule has 5 nitrogen and oxygen atoms in total. The van der Waals surface area contributed by atoms with Crippen molar-refractivity contribution in [1.29, 1.82) is 0 Å². The fourth-order valence-electron chi connectivity index (χ4n) is 3.69. The highest BCUT2D eigenvalue weighted by atomic mass is 16.1. The van der Waals surface area contributed by atoms with Crippen molar-refractivity contribution in [1.82, 2.24) is 19.7 Å². The van der Waals surface area contributed by atoms with Gasteiger partial charge in [-0.3, -0.25) is 4.90 Å². The molecule has 0 amide bonds. The van der Waals surface area contributed by atoms with Crippen molar-refractivity contribution in [3.63, 3.8) is 0 Å². The topological polar surface area (TPSA) is 51.0 Å². The summed E-state index contributed by atoms with van der Waals surface area (Å²) < 4.78 is 2.10. The predicted octanol–water partition coefficient (Wildman–Crippen LogP) is 1.49. The number of hydrogen-bond acceptors (Lipinski definition) is 4. The molecule has 0 bridgehead atoms. The van der Waals surface area contributed by atoms with Crippen molar-refractivity contribution in [2.24, 2.45) is 11.3 Å². The first-order valence-corrected chi connectivity index (χ1v) is 7.26. The summed E-state index contributed by atoms with van der Waals surface area (Å²) in [5.41, 5.74) is -0.125. The molecule has 1 saturated carbocycles. The first-order valence-electron chi connectivity index (χ1n) is 7.26. The fraction of sp³-hybridized carbons (Fsp3) is 0.786. The number of aldehydes is 1. The van der Waals surface area contributed by atoms with Gasteiger partial charge in [-0.25, -0.2) is 0 Å². The van der Waals surface area contributed by atoms with Crippen molar-refractivity contribution < 1.29 is 4.79 Å². The van der Waals surface area contributed by atoms with E-state index in [2.05, 4.69) is 26.6 Å². The maximum absolute atomic E-state index is 11.6. The Hall–Kier alpha value is -1.23. The Kier molecular flexibility index (Phi) is 3.39. The van der Waals surface area contributed by atoms with E-state index in [-0.39, 0.29) is 5.41 Å². The van der Waals surface area contributed by atoms with Gasteiger partial charge in [0.1, 0.15) is 18.4 Å². The van der Waals surface area contributed by atoms with Crippen LogP contribution in [0.3, 0.4) is 0 Å². The lowest BCUT2D eigenvalue weighted by atomic mass is 9.70. The Morgan fingerprint density at radius 3 is 3.21 bits per heavy atom. The lowest BCUT2D eigenvalue weighted by molar-refractivity contribution is -0.120. The Morgan fingerprint density at radius 2 is 2.42 bits per heavy atom. The largest absolute Gasteiger partial charge is 0.315 e. The minimum Gasteiger partial charge on any atom is -0.315 e. The van der Waals surface area contributed by atoms with E-state index in [1.165, 1.54) is 19.1 Å². The van der Waals surface area contributed by atoms with E-state index < -0.39 is 0 Å². The summed E-state index contributed by atoms with van der Waals surface area (Å²) >= 11 is 0. The zero-order valence-electron chi connectivity index (χ0n) is 11.6. The van der Waals surface area contributed by atoms with Crippen LogP contribution in [0.2, 0.25) is 0 Å². The second-order valence-electron chi connectivity index (χ2n) is 6.33. The van der Waals surface area contributed by atoms with Crippen LogP contribution < -0.4 is 0 Å². The minimum atomic E-state index is -0.125. The van der Waals surface area contributed by atoms with Crippen molar-refractivity contribution in [2.45, 2.75) is 45.7 Å². The number of fused-ring (bicyclic) bond motifs is 1. The van der Waals surface area contributed by atoms with Gasteiger partial charge in [-0.1, -0.05) is 19.8 Å². The zero-order chi connectivity index (χ0) is 13.3. The summed E-state index contributed by atoms with van der Waals surface area (Å²) in [5, 5.41) is 8.10. The van der Waals surface area contributed by atoms with Gasteiger partial charge in [-0.05, 0) is 18.8 Å². The minimum absolute atomic E-state index is 0.125. The van der Waals surface area contributed by atoms with Gasteiger partial charge in [-0.2, -0.15) is 0 Å². The number of carbonyl (C=O) groups excluding carboxylic acids is 1. The Morgan fingerprint density at radius 1 is 1.53 bits per heavy atom. The molecular weight excluding hydrogens is 240 g/mol. The molecule has 19 heavy (non-hydrogen) atoms. The summed E-state index contributed by atoms with van der Waals surface area (Å²) in [6.45, 7) is 5.91. The van der Waals surface area contributed by atoms with Crippen LogP contribution in [0.15, 0.2) is 6.33 Å². The molecule has 5 heteroatoms. The second kappa shape index (κ2) is 5.04. The maximum atomic E-state index is 11.6. The molecule has 0 aromatic carbocycles. The second-order valence-corrected chi connectivity index (χ2v) is 6.33. The van der Waals surface area contributed by atoms with E-state index in [0.29, 0.717) is 5.92 Å². The van der Waals surface area contributed by atoms with Crippen LogP contribution in [0, 0.1) is 11.3 Å². The molecule has 0 saturated heterocycles. The quantitative estimate of drug-likeness (QED) is 0.774. The van der Waals surface area contributed by atoms with E-state index >= 15 is 0 Å². The monoisotopic (exact) mass is 262 g/mol. The fourth-order valence-corrected chi connectivity index (χ4v) is 3.69. The number of carbonyl (C=O) groups is 1. The summed E-state index contributed by atoms with van der Waals surface area (Å²) in [5.74, 6) is 1.70. The molecule has 3 rings (SSSR count). The maximum Gasteiger partial charge on any atom is 0.147 e. The van der Waals surface area contributed by atoms with Crippen LogP contribution in [0.1, 0.15) is 38.4 Å². The Bertz CT molecular complexity index is 458. The highest BCUT2D eigenvalue weighted by Gasteiger charge is 2.37. The number of nitrogens with zero attached hydrogens (tertiary/aromatic N) is 4. The molecule has 1 aliphatic heterocycles. The van der Waals surface area contributed by atoms with Crippen LogP contribution in [-0.4, -0.2) is 39.0 Å². The van der Waals surface area contributed by atoms with Crippen molar-refractivity contribution in [2.75, 3.05) is 13.1 Å². The Balaban J connectivity index is 1.69. The molecule has 0 spiro atoms. The lowest BCUT2D eigenvalue weighted by Crippen LogP contribution is -2.44. The van der Waals surface area contributed by atoms with Gasteiger partial charge < -0.3 is 9.36 Å². The molecular formula is C14H22N4O. The predicted molar refractivity (Wildman–Crippen MR) is 71.4 cm³/mol. The number of rotatable bonds is 3. The van der Waals surface area contributed by atoms with E-state index in [4.69, 9.17) is 0 Å². The van der Waals surface area contributed by atoms with Gasteiger partial charge >= 0.3 is 0 Å². The molecule has 0 N–H and O–H groups in total. The highest BCUT2D eigenvalue weighted by Crippen LogP contribution is 2.38. The summed E-state index contributed by atoms with van der Waals surface area (Å²) in [7, 11) is 0. The first kappa shape index (κ1) is 12.8. The van der Waals surface area contributed by atoms with Gasteiger partial charge in [0, 0.05) is 25.0 Å². The van der Waals surface area contributed by atoms with Gasteiger partial charge in [0.25, 0.3) is 0 Å². The van der Waals surface area contributed by atoms with E-state index in [0.717, 1.165) is 44.8 Å². The van der Waals surface area contributed by atoms with Gasteiger partial charge in [0.15, 0.2) is 0 Å². The average molecular weight is 262 g/mol. The van der Waals surface area contributed by atoms with Crippen molar-refractivity contribution in [3.8, 4) is 0 Å². The number of aromatic nitrogens is 3. The first-order chi connectivity index (χ1) is 9.21. The molecule has 104 valence electrons. The lowest BCUT2D eigenvalue weighted by Gasteiger charge is -2.40. The van der Waals surface area contributed by atoms with Crippen LogP contribution >= 0.6 is 0 Å². The van der Waals surface area contributed by atoms with Crippen molar-refractivity contribution in [3.05, 3.63) is 12.2 Å². The molecule has 2 aliphatic rings. The molecule has 1 aromatic rings. The third-order valence-electron chi connectivity index (χ3n) is 4.63. The van der Waals surface area contributed by atoms with Crippen LogP contribution in [0.4, 0.5) is 0 Å². The van der Waals surface area contributed by atoms with Crippen molar-refractivity contribution >= 4 is 6.29 Å². The number of hydrogen-bond donors (Lipinski definition) is 0. The average Bonchev–Trinajstić information content (AvgIpc) is 2.86. The SMILES string of the molecule is CC1CCCC(C=O)(CN2CCn3cnnc3C2)C1. The Labute approximate surface area is 114 Å². The van der Waals surface area contributed by atoms with E-state index in [1.807, 2.05) is 0 Å². The summed E-state index contributed by atoms with van der Waals surface area (Å²) in [4.78, 5) is 14.0. The van der Waals surface area contributed by atoms with Gasteiger partial charge in [0.05, 0.1) is 6.54 Å². The molecule has 1 fully saturated rings. The normalized spacial score (nSPS) is 31.9. The third kappa shape index (κ3) is 2.56. The molecule has 2 unspecified atom stereocenters. The molecule has 2 heterocycles. The zero-order valence-corrected chi connectivity index (χ0v) is 11.6. The standard InChI is InChI=1S/C14H22N4O/c1-12-3-2-4-14(7-12,10-19)9-17-5-6-18-11-15-16-13(18)8-17/h10-12H,2-9H2,1H3. The summed E-state index contributed by atoms with van der Waals surface area (Å²) in [6, 6.07) is 0. The smallest absolute Gasteiger partial charge is 0.147 e. The van der Waals surface area contributed by atoms with Gasteiger partial charge in [-0.15, -0.1) is 10.2 Å². The van der Waals surface area contributed by atoms with Crippen LogP contribution in [-0.2, 0) is 17.9 Å². The van der Waals surface area contributed by atoms with Crippen LogP contribution in [0.25, 0.3) is 0 Å². The molecule has 0 radical (unpaired) electrons. The van der Waals surface area contributed by atoms with E-state index in [1.54, 1.807) is 6.33 Å².